The number of ether oxygens (including phenoxy) is 4. The van der Waals surface area contributed by atoms with Crippen LogP contribution in [0.3, 0.4) is 0 Å². The number of carbonyl (C=O) groups excluding carboxylic acids is 3. The molecule has 0 bridgehead atoms. The molecule has 9 nitrogen and oxygen atoms in total. The molecule has 0 aliphatic carbocycles. The summed E-state index contributed by atoms with van der Waals surface area (Å²) in [6.45, 7) is 0.0239. The molecule has 0 saturated carbocycles. The van der Waals surface area contributed by atoms with E-state index in [4.69, 9.17) is 42.1 Å². The van der Waals surface area contributed by atoms with Gasteiger partial charge in [0.15, 0.2) is 11.5 Å². The van der Waals surface area contributed by atoms with Crippen LogP contribution >= 0.6 is 46.3 Å². The van der Waals surface area contributed by atoms with Gasteiger partial charge < -0.3 is 24.3 Å². The van der Waals surface area contributed by atoms with Gasteiger partial charge in [-0.05, 0) is 47.7 Å². The number of nitrogens with zero attached hydrogens (tertiary/aromatic N) is 1. The molecule has 13 heteroatoms. The molecule has 0 atom stereocenters. The molecule has 0 unspecified atom stereocenters. The molecule has 1 saturated heterocycles. The number of hydrogen-bond acceptors (Lipinski definition) is 9. The number of benzene rings is 2. The summed E-state index contributed by atoms with van der Waals surface area (Å²) >= 11 is 14.7. The van der Waals surface area contributed by atoms with Crippen molar-refractivity contribution in [3.8, 4) is 23.0 Å². The highest BCUT2D eigenvalue weighted by Crippen LogP contribution is 2.43. The van der Waals surface area contributed by atoms with Gasteiger partial charge in [0, 0.05) is 18.5 Å². The van der Waals surface area contributed by atoms with Crippen molar-refractivity contribution >= 4 is 79.5 Å². The van der Waals surface area contributed by atoms with Gasteiger partial charge >= 0.3 is 0 Å². The Morgan fingerprint density at radius 3 is 2.24 bits per heavy atom. The SMILES string of the molecule is COc1cc(/C=C2/SC(=O)N(CCNC(=O)c3sc4c(Cl)c(OC)ccc4c3Cl)C2=O)cc(OC)c1OC. The molecule has 0 spiro atoms. The van der Waals surface area contributed by atoms with Gasteiger partial charge in [-0.1, -0.05) is 23.2 Å². The maximum atomic E-state index is 12.9. The summed E-state index contributed by atoms with van der Waals surface area (Å²) in [5.41, 5.74) is 0.591. The number of nitrogens with one attached hydrogen (secondary N) is 1. The zero-order chi connectivity index (χ0) is 27.6. The van der Waals surface area contributed by atoms with Crippen LogP contribution in [-0.4, -0.2) is 63.5 Å². The predicted molar refractivity (Wildman–Crippen MR) is 150 cm³/mol. The molecule has 0 radical (unpaired) electrons. The molecule has 2 heterocycles. The van der Waals surface area contributed by atoms with Crippen molar-refractivity contribution in [2.75, 3.05) is 41.5 Å². The van der Waals surface area contributed by atoms with E-state index in [-0.39, 0.29) is 27.9 Å². The molecule has 1 N–H and O–H groups in total. The Morgan fingerprint density at radius 1 is 0.974 bits per heavy atom. The summed E-state index contributed by atoms with van der Waals surface area (Å²) in [7, 11) is 5.97. The van der Waals surface area contributed by atoms with Crippen LogP contribution in [0.1, 0.15) is 15.2 Å². The first-order valence-electron chi connectivity index (χ1n) is 11.0. The first-order valence-corrected chi connectivity index (χ1v) is 13.4. The van der Waals surface area contributed by atoms with Crippen LogP contribution in [-0.2, 0) is 4.79 Å². The number of thiophene rings is 1. The van der Waals surface area contributed by atoms with Crippen LogP contribution < -0.4 is 24.3 Å². The van der Waals surface area contributed by atoms with E-state index >= 15 is 0 Å². The molecule has 3 amide bonds. The second-order valence-electron chi connectivity index (χ2n) is 7.75. The average Bonchev–Trinajstić information content (AvgIpc) is 3.39. The van der Waals surface area contributed by atoms with Gasteiger partial charge in [0.1, 0.15) is 15.6 Å². The Labute approximate surface area is 236 Å². The van der Waals surface area contributed by atoms with Crippen molar-refractivity contribution in [3.63, 3.8) is 0 Å². The van der Waals surface area contributed by atoms with Crippen molar-refractivity contribution in [1.29, 1.82) is 0 Å². The second-order valence-corrected chi connectivity index (χ2v) is 10.5. The molecule has 1 fully saturated rings. The van der Waals surface area contributed by atoms with Crippen molar-refractivity contribution in [2.45, 2.75) is 0 Å². The number of amides is 3. The summed E-state index contributed by atoms with van der Waals surface area (Å²) in [5.74, 6) is 0.811. The van der Waals surface area contributed by atoms with Gasteiger partial charge in [-0.3, -0.25) is 19.3 Å². The highest BCUT2D eigenvalue weighted by molar-refractivity contribution is 8.18. The quantitative estimate of drug-likeness (QED) is 0.313. The third-order valence-corrected chi connectivity index (χ3v) is 8.73. The molecule has 38 heavy (non-hydrogen) atoms. The molecular weight excluding hydrogens is 575 g/mol. The Hall–Kier alpha value is -3.12. The highest BCUT2D eigenvalue weighted by atomic mass is 35.5. The van der Waals surface area contributed by atoms with E-state index in [1.54, 1.807) is 30.3 Å². The number of methoxy groups -OCH3 is 4. The fraction of sp³-hybridized carbons (Fsp3) is 0.240. The largest absolute Gasteiger partial charge is 0.495 e. The van der Waals surface area contributed by atoms with E-state index in [2.05, 4.69) is 5.32 Å². The lowest BCUT2D eigenvalue weighted by Crippen LogP contribution is -2.37. The lowest BCUT2D eigenvalue weighted by molar-refractivity contribution is -0.122. The zero-order valence-corrected chi connectivity index (χ0v) is 23.8. The number of imide groups is 1. The third kappa shape index (κ3) is 5.24. The Balaban J connectivity index is 1.45. The zero-order valence-electron chi connectivity index (χ0n) is 20.7. The summed E-state index contributed by atoms with van der Waals surface area (Å²) in [4.78, 5) is 39.9. The second kappa shape index (κ2) is 11.7. The average molecular weight is 597 g/mol. The van der Waals surface area contributed by atoms with E-state index in [9.17, 15) is 14.4 Å². The van der Waals surface area contributed by atoms with E-state index < -0.39 is 17.1 Å². The smallest absolute Gasteiger partial charge is 0.293 e. The van der Waals surface area contributed by atoms with E-state index in [0.29, 0.717) is 43.7 Å². The lowest BCUT2D eigenvalue weighted by atomic mass is 10.1. The van der Waals surface area contributed by atoms with Crippen LogP contribution in [0.15, 0.2) is 29.2 Å². The van der Waals surface area contributed by atoms with Crippen LogP contribution in [0.5, 0.6) is 23.0 Å². The van der Waals surface area contributed by atoms with Gasteiger partial charge in [0.05, 0.1) is 43.1 Å². The Kier molecular flexibility index (Phi) is 8.61. The van der Waals surface area contributed by atoms with E-state index in [0.717, 1.165) is 28.0 Å². The minimum Gasteiger partial charge on any atom is -0.495 e. The molecule has 1 aromatic heterocycles. The minimum absolute atomic E-state index is 0.0138. The third-order valence-electron chi connectivity index (χ3n) is 5.61. The maximum Gasteiger partial charge on any atom is 0.293 e. The van der Waals surface area contributed by atoms with Crippen molar-refractivity contribution in [3.05, 3.63) is 49.7 Å². The normalized spacial score (nSPS) is 14.4. The number of fused-ring (bicyclic) bond motifs is 1. The number of rotatable bonds is 9. The fourth-order valence-corrected chi connectivity index (χ4v) is 6.45. The van der Waals surface area contributed by atoms with Gasteiger partial charge in [-0.25, -0.2) is 0 Å². The minimum atomic E-state index is -0.471. The van der Waals surface area contributed by atoms with Gasteiger partial charge in [-0.15, -0.1) is 11.3 Å². The van der Waals surface area contributed by atoms with Crippen molar-refractivity contribution < 1.29 is 33.3 Å². The topological polar surface area (TPSA) is 103 Å². The van der Waals surface area contributed by atoms with E-state index in [1.807, 2.05) is 0 Å². The standard InChI is InChI=1S/C25H22Cl2N2O7S2/c1-33-14-6-5-13-18(26)22(38-21(13)19(14)27)23(30)28-7-8-29-24(31)17(37-25(29)32)11-12-9-15(34-2)20(36-4)16(10-12)35-3/h5-6,9-11H,7-8H2,1-4H3,(H,28,30)/b17-11+. The van der Waals surface area contributed by atoms with Gasteiger partial charge in [0.2, 0.25) is 5.75 Å². The summed E-state index contributed by atoms with van der Waals surface area (Å²) < 4.78 is 21.9. The molecule has 200 valence electrons. The molecule has 2 aromatic carbocycles. The van der Waals surface area contributed by atoms with Crippen LogP contribution in [0, 0.1) is 0 Å². The number of hydrogen-bond donors (Lipinski definition) is 1. The van der Waals surface area contributed by atoms with Crippen molar-refractivity contribution in [2.24, 2.45) is 0 Å². The fourth-order valence-electron chi connectivity index (χ4n) is 3.77. The number of carbonyl (C=O) groups is 3. The highest BCUT2D eigenvalue weighted by Gasteiger charge is 2.35. The predicted octanol–water partition coefficient (Wildman–Crippen LogP) is 5.71. The monoisotopic (exact) mass is 596 g/mol. The van der Waals surface area contributed by atoms with Crippen LogP contribution in [0.2, 0.25) is 10.0 Å². The maximum absolute atomic E-state index is 12.9. The van der Waals surface area contributed by atoms with E-state index in [1.165, 1.54) is 28.4 Å². The Morgan fingerprint density at radius 2 is 1.63 bits per heavy atom. The Bertz CT molecular complexity index is 1450. The molecule has 1 aliphatic heterocycles. The molecule has 1 aliphatic rings. The van der Waals surface area contributed by atoms with Crippen LogP contribution in [0.25, 0.3) is 16.2 Å². The molecule has 4 rings (SSSR count). The summed E-state index contributed by atoms with van der Waals surface area (Å²) in [6.07, 6.45) is 1.57. The summed E-state index contributed by atoms with van der Waals surface area (Å²) in [5, 5.41) is 3.55. The number of halogens is 2. The van der Waals surface area contributed by atoms with Crippen LogP contribution in [0.4, 0.5) is 4.79 Å². The van der Waals surface area contributed by atoms with Crippen molar-refractivity contribution in [1.82, 2.24) is 10.2 Å². The molecule has 3 aromatic rings. The van der Waals surface area contributed by atoms with Gasteiger partial charge in [-0.2, -0.15) is 0 Å². The first-order chi connectivity index (χ1) is 18.2. The summed E-state index contributed by atoms with van der Waals surface area (Å²) in [6, 6.07) is 6.75. The molecular formula is C25H22Cl2N2O7S2. The number of thioether (sulfide) groups is 1. The lowest BCUT2D eigenvalue weighted by Gasteiger charge is -2.13. The van der Waals surface area contributed by atoms with Gasteiger partial charge in [0.25, 0.3) is 17.1 Å². The first kappa shape index (κ1) is 27.9.